The van der Waals surface area contributed by atoms with Crippen LogP contribution in [0, 0.1) is 17.8 Å². The van der Waals surface area contributed by atoms with Crippen molar-refractivity contribution >= 4 is 17.7 Å². The molecule has 0 spiro atoms. The maximum atomic E-state index is 12.4. The summed E-state index contributed by atoms with van der Waals surface area (Å²) in [7, 11) is 0. The van der Waals surface area contributed by atoms with E-state index in [1.165, 1.54) is 50.3 Å². The third-order valence-electron chi connectivity index (χ3n) is 6.16. The van der Waals surface area contributed by atoms with Gasteiger partial charge < -0.3 is 9.88 Å². The third kappa shape index (κ3) is 3.64. The number of rotatable bonds is 8. The number of nitrogens with zero attached hydrogens (tertiary/aromatic N) is 3. The van der Waals surface area contributed by atoms with E-state index in [1.54, 1.807) is 0 Å². The normalized spacial score (nSPS) is 28.9. The molecule has 0 radical (unpaired) electrons. The van der Waals surface area contributed by atoms with Crippen molar-refractivity contribution in [3.05, 3.63) is 18.5 Å². The number of hydrogen-bond donors (Lipinski definition) is 1. The zero-order valence-corrected chi connectivity index (χ0v) is 15.8. The Hall–Kier alpha value is -1.30. The largest absolute Gasteiger partial charge is 0.353 e. The number of allylic oxidation sites excluding steroid dienone is 1. The molecule has 2 bridgehead atoms. The highest BCUT2D eigenvalue weighted by Crippen LogP contribution is 2.49. The fourth-order valence-corrected chi connectivity index (χ4v) is 5.56. The second-order valence-electron chi connectivity index (χ2n) is 8.00. The quantitative estimate of drug-likeness (QED) is 0.570. The van der Waals surface area contributed by atoms with Gasteiger partial charge in [0.2, 0.25) is 5.91 Å². The molecule has 4 atom stereocenters. The number of amides is 1. The molecule has 0 aromatic carbocycles. The second kappa shape index (κ2) is 7.14. The van der Waals surface area contributed by atoms with Gasteiger partial charge in [0.15, 0.2) is 5.16 Å². The lowest BCUT2D eigenvalue weighted by molar-refractivity contribution is -0.119. The van der Waals surface area contributed by atoms with E-state index in [4.69, 9.17) is 0 Å². The van der Waals surface area contributed by atoms with Crippen molar-refractivity contribution in [2.75, 3.05) is 5.75 Å². The minimum absolute atomic E-state index is 0.112. The van der Waals surface area contributed by atoms with Crippen LogP contribution in [0.2, 0.25) is 0 Å². The molecule has 3 fully saturated rings. The number of aromatic nitrogens is 3. The van der Waals surface area contributed by atoms with Crippen LogP contribution < -0.4 is 5.32 Å². The van der Waals surface area contributed by atoms with Gasteiger partial charge in [-0.2, -0.15) is 0 Å². The lowest BCUT2D eigenvalue weighted by atomic mass is 9.84. The number of hydrogen-bond acceptors (Lipinski definition) is 4. The van der Waals surface area contributed by atoms with Crippen LogP contribution in [0.1, 0.15) is 57.2 Å². The fraction of sp³-hybridized carbons (Fsp3) is 0.737. The molecule has 0 aliphatic heterocycles. The smallest absolute Gasteiger partial charge is 0.230 e. The Morgan fingerprint density at radius 3 is 2.84 bits per heavy atom. The number of carbonyl (C=O) groups excluding carboxylic acids is 1. The van der Waals surface area contributed by atoms with E-state index in [9.17, 15) is 4.79 Å². The van der Waals surface area contributed by atoms with E-state index in [0.717, 1.165) is 22.8 Å². The SMILES string of the molecule is C=CCn1c(SCC(=O)N[C@H](C)[C@@H]2C[C@@H]3CC[C@@H]2C3)nnc1C1CC1. The van der Waals surface area contributed by atoms with Crippen molar-refractivity contribution < 1.29 is 4.79 Å². The Kier molecular flexibility index (Phi) is 4.89. The molecule has 1 aromatic rings. The molecule has 136 valence electrons. The maximum absolute atomic E-state index is 12.4. The van der Waals surface area contributed by atoms with Crippen LogP contribution in [0.5, 0.6) is 0 Å². The number of carbonyl (C=O) groups is 1. The second-order valence-corrected chi connectivity index (χ2v) is 8.94. The van der Waals surface area contributed by atoms with Crippen LogP contribution in [0.4, 0.5) is 0 Å². The van der Waals surface area contributed by atoms with Gasteiger partial charge in [0, 0.05) is 18.5 Å². The van der Waals surface area contributed by atoms with Gasteiger partial charge in [0.1, 0.15) is 5.82 Å². The zero-order valence-electron chi connectivity index (χ0n) is 15.0. The molecule has 0 unspecified atom stereocenters. The Labute approximate surface area is 154 Å². The summed E-state index contributed by atoms with van der Waals surface area (Å²) in [6, 6.07) is 0.288. The molecule has 1 N–H and O–H groups in total. The third-order valence-corrected chi connectivity index (χ3v) is 7.12. The minimum atomic E-state index is 0.112. The molecule has 1 amide bonds. The molecular formula is C19H28N4OS. The van der Waals surface area contributed by atoms with Crippen LogP contribution in [-0.4, -0.2) is 32.5 Å². The lowest BCUT2D eigenvalue weighted by Crippen LogP contribution is -2.40. The summed E-state index contributed by atoms with van der Waals surface area (Å²) in [6.07, 6.45) is 9.71. The van der Waals surface area contributed by atoms with Crippen molar-refractivity contribution in [3.63, 3.8) is 0 Å². The van der Waals surface area contributed by atoms with Gasteiger partial charge in [-0.3, -0.25) is 4.79 Å². The van der Waals surface area contributed by atoms with Gasteiger partial charge in [0.25, 0.3) is 0 Å². The first-order valence-electron chi connectivity index (χ1n) is 9.61. The number of fused-ring (bicyclic) bond motifs is 2. The van der Waals surface area contributed by atoms with Gasteiger partial charge in [-0.1, -0.05) is 24.3 Å². The summed E-state index contributed by atoms with van der Waals surface area (Å²) in [6.45, 7) is 6.72. The maximum Gasteiger partial charge on any atom is 0.230 e. The Morgan fingerprint density at radius 2 is 2.20 bits per heavy atom. The van der Waals surface area contributed by atoms with Gasteiger partial charge in [-0.25, -0.2) is 0 Å². The molecule has 3 aliphatic carbocycles. The Bertz CT molecular complexity index is 654. The summed E-state index contributed by atoms with van der Waals surface area (Å²) in [5.74, 6) is 4.56. The van der Waals surface area contributed by atoms with Crippen molar-refractivity contribution in [1.82, 2.24) is 20.1 Å². The zero-order chi connectivity index (χ0) is 17.4. The first kappa shape index (κ1) is 17.1. The van der Waals surface area contributed by atoms with Crippen molar-refractivity contribution in [2.45, 2.75) is 69.1 Å². The monoisotopic (exact) mass is 360 g/mol. The lowest BCUT2D eigenvalue weighted by Gasteiger charge is -2.28. The van der Waals surface area contributed by atoms with E-state index >= 15 is 0 Å². The van der Waals surface area contributed by atoms with Crippen molar-refractivity contribution in [2.24, 2.45) is 17.8 Å². The summed E-state index contributed by atoms with van der Waals surface area (Å²) in [5, 5.41) is 12.7. The predicted molar refractivity (Wildman–Crippen MR) is 99.5 cm³/mol. The van der Waals surface area contributed by atoms with E-state index in [0.29, 0.717) is 24.1 Å². The first-order valence-corrected chi connectivity index (χ1v) is 10.6. The summed E-state index contributed by atoms with van der Waals surface area (Å²) in [5.41, 5.74) is 0. The molecule has 6 heteroatoms. The van der Waals surface area contributed by atoms with Crippen molar-refractivity contribution in [3.8, 4) is 0 Å². The standard InChI is InChI=1S/C19H28N4OS/c1-3-8-23-18(14-6-7-14)21-22-19(23)25-11-17(24)20-12(2)16-10-13-4-5-15(16)9-13/h3,12-16H,1,4-11H2,2H3,(H,20,24)/t12-,13-,15-,16+/m1/s1. The molecule has 1 aromatic heterocycles. The van der Waals surface area contributed by atoms with E-state index in [2.05, 4.69) is 33.6 Å². The fourth-order valence-electron chi connectivity index (χ4n) is 4.79. The molecule has 1 heterocycles. The molecule has 0 saturated heterocycles. The average molecular weight is 361 g/mol. The number of thioether (sulfide) groups is 1. The van der Waals surface area contributed by atoms with E-state index < -0.39 is 0 Å². The highest BCUT2D eigenvalue weighted by atomic mass is 32.2. The topological polar surface area (TPSA) is 59.8 Å². The van der Waals surface area contributed by atoms with Gasteiger partial charge in [0.05, 0.1) is 5.75 Å². The molecule has 4 rings (SSSR count). The van der Waals surface area contributed by atoms with E-state index in [1.807, 2.05) is 6.08 Å². The summed E-state index contributed by atoms with van der Waals surface area (Å²) < 4.78 is 2.11. The molecule has 3 aliphatic rings. The predicted octanol–water partition coefficient (Wildman–Crippen LogP) is 3.37. The number of nitrogens with one attached hydrogen (secondary N) is 1. The van der Waals surface area contributed by atoms with Crippen LogP contribution in [0.15, 0.2) is 17.8 Å². The molecule has 5 nitrogen and oxygen atoms in total. The van der Waals surface area contributed by atoms with Gasteiger partial charge >= 0.3 is 0 Å². The Morgan fingerprint density at radius 1 is 1.36 bits per heavy atom. The van der Waals surface area contributed by atoms with Crippen LogP contribution in [-0.2, 0) is 11.3 Å². The molecular weight excluding hydrogens is 332 g/mol. The highest BCUT2D eigenvalue weighted by Gasteiger charge is 2.42. The van der Waals surface area contributed by atoms with Crippen LogP contribution >= 0.6 is 11.8 Å². The summed E-state index contributed by atoms with van der Waals surface area (Å²) >= 11 is 1.49. The average Bonchev–Trinajstić information content (AvgIpc) is 3.04. The van der Waals surface area contributed by atoms with E-state index in [-0.39, 0.29) is 11.9 Å². The highest BCUT2D eigenvalue weighted by molar-refractivity contribution is 7.99. The van der Waals surface area contributed by atoms with Gasteiger partial charge in [-0.15, -0.1) is 16.8 Å². The Balaban J connectivity index is 1.30. The molecule has 3 saturated carbocycles. The summed E-state index contributed by atoms with van der Waals surface area (Å²) in [4.78, 5) is 12.4. The van der Waals surface area contributed by atoms with Crippen LogP contribution in [0.3, 0.4) is 0 Å². The van der Waals surface area contributed by atoms with Crippen LogP contribution in [0.25, 0.3) is 0 Å². The van der Waals surface area contributed by atoms with Crippen molar-refractivity contribution in [1.29, 1.82) is 0 Å². The first-order chi connectivity index (χ1) is 12.2. The minimum Gasteiger partial charge on any atom is -0.353 e. The van der Waals surface area contributed by atoms with Gasteiger partial charge in [-0.05, 0) is 56.8 Å². The molecule has 25 heavy (non-hydrogen) atoms.